The molecule has 0 bridgehead atoms. The fraction of sp³-hybridized carbons (Fsp3) is 0.130. The topological polar surface area (TPSA) is 91.3 Å². The number of thiazole rings is 1. The van der Waals surface area contributed by atoms with Crippen molar-refractivity contribution in [1.82, 2.24) is 14.1 Å². The number of amides is 1. The SMILES string of the molecule is C=CCn1c(=S)sc2c(=O)n(CC(=O)Nc3cc4oc5ccccc5c4cc3OC)cnc21. The maximum Gasteiger partial charge on any atom is 0.273 e. The summed E-state index contributed by atoms with van der Waals surface area (Å²) >= 11 is 6.50. The number of carbonyl (C=O) groups is 1. The van der Waals surface area contributed by atoms with E-state index in [9.17, 15) is 9.59 Å². The van der Waals surface area contributed by atoms with Gasteiger partial charge in [-0.05, 0) is 24.4 Å². The zero-order valence-electron chi connectivity index (χ0n) is 17.5. The molecule has 0 saturated heterocycles. The molecule has 2 aromatic carbocycles. The van der Waals surface area contributed by atoms with Gasteiger partial charge in [0.05, 0.1) is 12.8 Å². The summed E-state index contributed by atoms with van der Waals surface area (Å²) in [7, 11) is 1.53. The first-order valence-electron chi connectivity index (χ1n) is 9.99. The highest BCUT2D eigenvalue weighted by Gasteiger charge is 2.16. The van der Waals surface area contributed by atoms with Crippen LogP contribution < -0.4 is 15.6 Å². The number of hydrogen-bond acceptors (Lipinski definition) is 7. The van der Waals surface area contributed by atoms with Crippen molar-refractivity contribution in [3.8, 4) is 5.75 Å². The number of para-hydroxylation sites is 1. The number of hydrogen-bond donors (Lipinski definition) is 1. The highest BCUT2D eigenvalue weighted by molar-refractivity contribution is 7.73. The molecule has 1 N–H and O–H groups in total. The predicted molar refractivity (Wildman–Crippen MR) is 132 cm³/mol. The van der Waals surface area contributed by atoms with Crippen LogP contribution in [0.25, 0.3) is 32.3 Å². The number of nitrogens with one attached hydrogen (secondary N) is 1. The van der Waals surface area contributed by atoms with Crippen molar-refractivity contribution in [2.75, 3.05) is 12.4 Å². The van der Waals surface area contributed by atoms with Crippen LogP contribution in [0.15, 0.2) is 64.6 Å². The van der Waals surface area contributed by atoms with Crippen LogP contribution >= 0.6 is 23.6 Å². The summed E-state index contributed by atoms with van der Waals surface area (Å²) in [6, 6.07) is 11.2. The molecule has 0 atom stereocenters. The molecule has 33 heavy (non-hydrogen) atoms. The molecule has 0 fully saturated rings. The van der Waals surface area contributed by atoms with Crippen LogP contribution in [0.3, 0.4) is 0 Å². The van der Waals surface area contributed by atoms with Crippen LogP contribution in [0, 0.1) is 3.95 Å². The number of allylic oxidation sites excluding steroid dienone is 1. The lowest BCUT2D eigenvalue weighted by Gasteiger charge is -2.11. The number of furan rings is 1. The monoisotopic (exact) mass is 478 g/mol. The quantitative estimate of drug-likeness (QED) is 0.280. The lowest BCUT2D eigenvalue weighted by Crippen LogP contribution is -2.27. The lowest BCUT2D eigenvalue weighted by molar-refractivity contribution is -0.116. The van der Waals surface area contributed by atoms with Crippen molar-refractivity contribution in [3.63, 3.8) is 0 Å². The molecule has 0 radical (unpaired) electrons. The normalized spacial score (nSPS) is 11.3. The Balaban J connectivity index is 1.46. The fourth-order valence-corrected chi connectivity index (χ4v) is 5.05. The van der Waals surface area contributed by atoms with E-state index in [1.807, 2.05) is 30.3 Å². The maximum atomic E-state index is 12.9. The van der Waals surface area contributed by atoms with Crippen molar-refractivity contribution in [2.45, 2.75) is 13.1 Å². The molecule has 10 heteroatoms. The number of ether oxygens (including phenoxy) is 1. The average Bonchev–Trinajstić information content (AvgIpc) is 3.32. The second-order valence-electron chi connectivity index (χ2n) is 7.29. The molecule has 166 valence electrons. The van der Waals surface area contributed by atoms with Crippen molar-refractivity contribution < 1.29 is 13.9 Å². The third-order valence-corrected chi connectivity index (χ3v) is 6.67. The van der Waals surface area contributed by atoms with Gasteiger partial charge in [-0.2, -0.15) is 0 Å². The number of anilines is 1. The summed E-state index contributed by atoms with van der Waals surface area (Å²) in [6.07, 6.45) is 3.04. The molecule has 5 aromatic rings. The molecular formula is C23H18N4O4S2. The second-order valence-corrected chi connectivity index (χ2v) is 8.94. The first-order valence-corrected chi connectivity index (χ1v) is 11.2. The van der Waals surface area contributed by atoms with Gasteiger partial charge >= 0.3 is 0 Å². The fourth-order valence-electron chi connectivity index (χ4n) is 3.74. The summed E-state index contributed by atoms with van der Waals surface area (Å²) < 4.78 is 15.3. The summed E-state index contributed by atoms with van der Waals surface area (Å²) in [5.74, 6) is 0.0870. The second kappa shape index (κ2) is 8.30. The highest BCUT2D eigenvalue weighted by atomic mass is 32.1. The third-order valence-electron chi connectivity index (χ3n) is 5.24. The van der Waals surface area contributed by atoms with Gasteiger partial charge in [0.25, 0.3) is 5.56 Å². The minimum atomic E-state index is -0.402. The molecule has 0 spiro atoms. The molecule has 3 aromatic heterocycles. The van der Waals surface area contributed by atoms with Gasteiger partial charge in [0.2, 0.25) is 5.91 Å². The van der Waals surface area contributed by atoms with Crippen LogP contribution in [0.4, 0.5) is 5.69 Å². The highest BCUT2D eigenvalue weighted by Crippen LogP contribution is 2.36. The molecule has 0 saturated carbocycles. The molecule has 1 amide bonds. The van der Waals surface area contributed by atoms with Crippen LogP contribution in [-0.4, -0.2) is 27.1 Å². The van der Waals surface area contributed by atoms with Crippen LogP contribution in [0.2, 0.25) is 0 Å². The zero-order valence-corrected chi connectivity index (χ0v) is 19.2. The Hall–Kier alpha value is -3.76. The van der Waals surface area contributed by atoms with Gasteiger partial charge in [-0.3, -0.25) is 14.2 Å². The molecular weight excluding hydrogens is 460 g/mol. The molecule has 5 rings (SSSR count). The predicted octanol–water partition coefficient (Wildman–Crippen LogP) is 4.72. The van der Waals surface area contributed by atoms with Gasteiger partial charge in [-0.15, -0.1) is 6.58 Å². The van der Waals surface area contributed by atoms with E-state index in [4.69, 9.17) is 21.4 Å². The van der Waals surface area contributed by atoms with Crippen LogP contribution in [-0.2, 0) is 17.9 Å². The third kappa shape index (κ3) is 3.62. The largest absolute Gasteiger partial charge is 0.495 e. The summed E-state index contributed by atoms with van der Waals surface area (Å²) in [5, 5.41) is 4.66. The van der Waals surface area contributed by atoms with Gasteiger partial charge in [-0.25, -0.2) is 4.98 Å². The smallest absolute Gasteiger partial charge is 0.273 e. The Morgan fingerprint density at radius 2 is 2.12 bits per heavy atom. The average molecular weight is 479 g/mol. The molecule has 0 aliphatic carbocycles. The Labute approximate surface area is 196 Å². The lowest BCUT2D eigenvalue weighted by atomic mass is 10.1. The van der Waals surface area contributed by atoms with E-state index >= 15 is 0 Å². The number of rotatable bonds is 6. The maximum absolute atomic E-state index is 12.9. The van der Waals surface area contributed by atoms with Crippen molar-refractivity contribution in [2.24, 2.45) is 0 Å². The minimum absolute atomic E-state index is 0.213. The zero-order chi connectivity index (χ0) is 23.1. The van der Waals surface area contributed by atoms with E-state index < -0.39 is 5.91 Å². The van der Waals surface area contributed by atoms with E-state index in [-0.39, 0.29) is 12.1 Å². The first-order chi connectivity index (χ1) is 16.0. The van der Waals surface area contributed by atoms with Gasteiger partial charge in [0.15, 0.2) is 9.60 Å². The molecule has 3 heterocycles. The summed E-state index contributed by atoms with van der Waals surface area (Å²) in [4.78, 5) is 30.1. The Morgan fingerprint density at radius 1 is 1.30 bits per heavy atom. The van der Waals surface area contributed by atoms with Gasteiger partial charge in [0, 0.05) is 23.4 Å². The van der Waals surface area contributed by atoms with E-state index in [1.165, 1.54) is 29.3 Å². The van der Waals surface area contributed by atoms with Gasteiger partial charge in [0.1, 0.15) is 34.5 Å². The van der Waals surface area contributed by atoms with Crippen molar-refractivity contribution >= 4 is 67.4 Å². The van der Waals surface area contributed by atoms with E-state index in [0.717, 1.165) is 16.4 Å². The van der Waals surface area contributed by atoms with E-state index in [1.54, 1.807) is 16.7 Å². The summed E-state index contributed by atoms with van der Waals surface area (Å²) in [5.41, 5.74) is 1.98. The Bertz CT molecular complexity index is 1680. The van der Waals surface area contributed by atoms with Crippen molar-refractivity contribution in [1.29, 1.82) is 0 Å². The number of carbonyl (C=O) groups excluding carboxylic acids is 1. The van der Waals surface area contributed by atoms with Crippen LogP contribution in [0.5, 0.6) is 5.75 Å². The Kier molecular flexibility index (Phi) is 5.31. The molecule has 0 unspecified atom stereocenters. The Morgan fingerprint density at radius 3 is 2.91 bits per heavy atom. The number of nitrogens with zero attached hydrogens (tertiary/aromatic N) is 3. The number of benzene rings is 2. The standard InChI is InChI=1S/C23H18N4O4S2/c1-3-8-27-21-20(33-23(27)32)22(29)26(12-24-21)11-19(28)25-15-10-17-14(9-18(15)30-2)13-6-4-5-7-16(13)31-17/h3-7,9-10,12H,1,8,11H2,2H3,(H,25,28). The minimum Gasteiger partial charge on any atom is -0.495 e. The van der Waals surface area contributed by atoms with Crippen molar-refractivity contribution in [3.05, 3.63) is 69.7 Å². The van der Waals surface area contributed by atoms with E-state index in [0.29, 0.717) is 37.9 Å². The number of fused-ring (bicyclic) bond motifs is 4. The first kappa shape index (κ1) is 21.1. The van der Waals surface area contributed by atoms with Gasteiger partial charge < -0.3 is 19.0 Å². The molecule has 0 aliphatic rings. The number of aromatic nitrogens is 3. The van der Waals surface area contributed by atoms with Gasteiger partial charge in [-0.1, -0.05) is 35.6 Å². The molecule has 8 nitrogen and oxygen atoms in total. The van der Waals surface area contributed by atoms with Crippen LogP contribution in [0.1, 0.15) is 0 Å². The van der Waals surface area contributed by atoms with E-state index in [2.05, 4.69) is 16.9 Å². The number of methoxy groups -OCH3 is 1. The summed E-state index contributed by atoms with van der Waals surface area (Å²) in [6.45, 7) is 3.95. The molecule has 0 aliphatic heterocycles.